The quantitative estimate of drug-likeness (QED) is 0.252. The number of nitriles is 1. The van der Waals surface area contributed by atoms with Crippen molar-refractivity contribution in [2.75, 3.05) is 6.61 Å². The Morgan fingerprint density at radius 3 is 2.43 bits per heavy atom. The number of ether oxygens (including phenoxy) is 1. The average molecular weight is 397 g/mol. The maximum atomic E-state index is 12.5. The highest BCUT2D eigenvalue weighted by Gasteiger charge is 2.21. The van der Waals surface area contributed by atoms with Crippen molar-refractivity contribution >= 4 is 29.6 Å². The van der Waals surface area contributed by atoms with Gasteiger partial charge in [0.15, 0.2) is 11.3 Å². The first kappa shape index (κ1) is 20.7. The van der Waals surface area contributed by atoms with Crippen LogP contribution in [0.2, 0.25) is 5.02 Å². The minimum atomic E-state index is -0.999. The van der Waals surface area contributed by atoms with E-state index in [9.17, 15) is 20.0 Å². The predicted molar refractivity (Wildman–Crippen MR) is 105 cm³/mol. The zero-order valence-electron chi connectivity index (χ0n) is 15.0. The molecule has 2 rings (SSSR count). The van der Waals surface area contributed by atoms with E-state index >= 15 is 0 Å². The molecule has 0 saturated heterocycles. The number of aliphatic hydroxyl groups excluding tert-OH is 1. The molecule has 0 spiro atoms. The van der Waals surface area contributed by atoms with Gasteiger partial charge in [0.25, 0.3) is 5.91 Å². The summed E-state index contributed by atoms with van der Waals surface area (Å²) in [4.78, 5) is 24.5. The molecule has 2 aromatic carbocycles. The number of amides is 1. The zero-order valence-corrected chi connectivity index (χ0v) is 15.7. The van der Waals surface area contributed by atoms with Crippen molar-refractivity contribution in [1.82, 2.24) is 5.32 Å². The minimum absolute atomic E-state index is 0.0250. The number of hydrogen-bond donors (Lipinski definition) is 2. The van der Waals surface area contributed by atoms with Crippen molar-refractivity contribution in [3.63, 3.8) is 0 Å². The maximum Gasteiger partial charge on any atom is 0.352 e. The van der Waals surface area contributed by atoms with Crippen LogP contribution in [0.3, 0.4) is 0 Å². The third-order valence-corrected chi connectivity index (χ3v) is 3.92. The van der Waals surface area contributed by atoms with E-state index in [1.165, 1.54) is 6.08 Å². The number of benzene rings is 2. The van der Waals surface area contributed by atoms with Gasteiger partial charge in [-0.25, -0.2) is 4.79 Å². The van der Waals surface area contributed by atoms with Crippen molar-refractivity contribution in [2.45, 2.75) is 6.92 Å². The molecule has 0 heterocycles. The molecule has 0 fully saturated rings. The number of nitrogens with one attached hydrogen (secondary N) is 1. The summed E-state index contributed by atoms with van der Waals surface area (Å²) in [6, 6.07) is 16.6. The van der Waals surface area contributed by atoms with Crippen LogP contribution in [-0.2, 0) is 9.53 Å². The Hall–Kier alpha value is -3.56. The van der Waals surface area contributed by atoms with E-state index in [0.29, 0.717) is 16.1 Å². The molecule has 0 aliphatic rings. The fourth-order valence-corrected chi connectivity index (χ4v) is 2.42. The summed E-state index contributed by atoms with van der Waals surface area (Å²) in [6.07, 6.45) is 1.37. The Morgan fingerprint density at radius 1 is 1.18 bits per heavy atom. The highest BCUT2D eigenvalue weighted by atomic mass is 35.5. The van der Waals surface area contributed by atoms with Crippen LogP contribution in [-0.4, -0.2) is 23.6 Å². The van der Waals surface area contributed by atoms with Gasteiger partial charge >= 0.3 is 5.97 Å². The summed E-state index contributed by atoms with van der Waals surface area (Å²) in [6.45, 7) is 1.60. The molecule has 0 atom stereocenters. The van der Waals surface area contributed by atoms with Gasteiger partial charge in [-0.15, -0.1) is 0 Å². The Bertz CT molecular complexity index is 975. The third-order valence-electron chi connectivity index (χ3n) is 3.57. The van der Waals surface area contributed by atoms with Crippen molar-refractivity contribution in [1.29, 1.82) is 5.26 Å². The molecule has 6 nitrogen and oxygen atoms in total. The highest BCUT2D eigenvalue weighted by Crippen LogP contribution is 2.21. The van der Waals surface area contributed by atoms with Gasteiger partial charge in [-0.3, -0.25) is 4.79 Å². The van der Waals surface area contributed by atoms with Crippen LogP contribution in [0, 0.1) is 11.3 Å². The molecule has 2 N–H and O–H groups in total. The average Bonchev–Trinajstić information content (AvgIpc) is 2.70. The molecule has 0 bridgehead atoms. The van der Waals surface area contributed by atoms with Crippen molar-refractivity contribution < 1.29 is 19.4 Å². The van der Waals surface area contributed by atoms with Crippen molar-refractivity contribution in [3.8, 4) is 6.07 Å². The fraction of sp³-hybridized carbons (Fsp3) is 0.0952. The molecule has 142 valence electrons. The van der Waals surface area contributed by atoms with Crippen LogP contribution in [0.5, 0.6) is 0 Å². The zero-order chi connectivity index (χ0) is 20.5. The number of halogens is 1. The summed E-state index contributed by atoms with van der Waals surface area (Å²) in [5.41, 5.74) is 0.00954. The first-order valence-electron chi connectivity index (χ1n) is 8.31. The Morgan fingerprint density at radius 2 is 1.82 bits per heavy atom. The lowest BCUT2D eigenvalue weighted by molar-refractivity contribution is -0.138. The van der Waals surface area contributed by atoms with Gasteiger partial charge in [0.05, 0.1) is 12.3 Å². The van der Waals surface area contributed by atoms with Gasteiger partial charge in [-0.1, -0.05) is 48.0 Å². The summed E-state index contributed by atoms with van der Waals surface area (Å²) < 4.78 is 4.78. The number of aliphatic hydroxyl groups is 1. The summed E-state index contributed by atoms with van der Waals surface area (Å²) in [7, 11) is 0. The van der Waals surface area contributed by atoms with E-state index < -0.39 is 23.2 Å². The first-order chi connectivity index (χ1) is 13.5. The minimum Gasteiger partial charge on any atom is -0.504 e. The lowest BCUT2D eigenvalue weighted by Crippen LogP contribution is -2.25. The molecule has 7 heteroatoms. The molecule has 0 saturated carbocycles. The molecule has 2 aromatic rings. The fourth-order valence-electron chi connectivity index (χ4n) is 2.23. The molecule has 0 unspecified atom stereocenters. The largest absolute Gasteiger partial charge is 0.504 e. The second kappa shape index (κ2) is 9.95. The number of carbonyl (C=O) groups excluding carboxylic acids is 2. The summed E-state index contributed by atoms with van der Waals surface area (Å²) >= 11 is 6.14. The number of hydrogen-bond acceptors (Lipinski definition) is 5. The predicted octanol–water partition coefficient (Wildman–Crippen LogP) is 4.01. The van der Waals surface area contributed by atoms with Crippen LogP contribution in [0.1, 0.15) is 22.8 Å². The number of rotatable bonds is 6. The van der Waals surface area contributed by atoms with Crippen LogP contribution < -0.4 is 5.32 Å². The van der Waals surface area contributed by atoms with Gasteiger partial charge in [-0.05, 0) is 36.8 Å². The number of nitrogens with zero attached hydrogens (tertiary/aromatic N) is 1. The van der Waals surface area contributed by atoms with Crippen LogP contribution >= 0.6 is 11.6 Å². The molecule has 28 heavy (non-hydrogen) atoms. The molecule has 0 aliphatic carbocycles. The normalized spacial score (nSPS) is 11.8. The Kier molecular flexibility index (Phi) is 7.37. The summed E-state index contributed by atoms with van der Waals surface area (Å²) in [5.74, 6) is -2.25. The van der Waals surface area contributed by atoms with Crippen LogP contribution in [0.15, 0.2) is 71.6 Å². The first-order valence-corrected chi connectivity index (χ1v) is 8.69. The number of carbonyl (C=O) groups is 2. The third kappa shape index (κ3) is 5.22. The Labute approximate surface area is 167 Å². The van der Waals surface area contributed by atoms with E-state index in [-0.39, 0.29) is 12.3 Å². The van der Waals surface area contributed by atoms with Crippen molar-refractivity contribution in [3.05, 3.63) is 87.8 Å². The SMILES string of the molecule is CCOC(=O)/C(C#N)=C(\O)C(=Cc1ccccc1Cl)NC(=O)c1ccccc1. The second-order valence-electron chi connectivity index (χ2n) is 5.46. The van der Waals surface area contributed by atoms with Crippen LogP contribution in [0.4, 0.5) is 0 Å². The number of esters is 1. The smallest absolute Gasteiger partial charge is 0.352 e. The topological polar surface area (TPSA) is 99.4 Å². The lowest BCUT2D eigenvalue weighted by Gasteiger charge is -2.12. The molecular weight excluding hydrogens is 380 g/mol. The van der Waals surface area contributed by atoms with Gasteiger partial charge in [0.2, 0.25) is 0 Å². The van der Waals surface area contributed by atoms with E-state index in [0.717, 1.165) is 0 Å². The van der Waals surface area contributed by atoms with Gasteiger partial charge < -0.3 is 15.2 Å². The molecule has 0 aliphatic heterocycles. The van der Waals surface area contributed by atoms with Gasteiger partial charge in [0.1, 0.15) is 6.07 Å². The van der Waals surface area contributed by atoms with E-state index in [1.54, 1.807) is 67.6 Å². The van der Waals surface area contributed by atoms with E-state index in [4.69, 9.17) is 16.3 Å². The monoisotopic (exact) mass is 396 g/mol. The lowest BCUT2D eigenvalue weighted by atomic mass is 10.1. The van der Waals surface area contributed by atoms with E-state index in [2.05, 4.69) is 5.32 Å². The molecule has 0 aromatic heterocycles. The molecule has 1 amide bonds. The van der Waals surface area contributed by atoms with Gasteiger partial charge in [-0.2, -0.15) is 5.26 Å². The maximum absolute atomic E-state index is 12.5. The molecule has 0 radical (unpaired) electrons. The van der Waals surface area contributed by atoms with Gasteiger partial charge in [0, 0.05) is 10.6 Å². The van der Waals surface area contributed by atoms with Crippen LogP contribution in [0.25, 0.3) is 6.08 Å². The highest BCUT2D eigenvalue weighted by molar-refractivity contribution is 6.32. The standard InChI is InChI=1S/C21H17ClN2O4/c1-2-28-21(27)16(13-23)19(25)18(12-15-10-6-7-11-17(15)22)24-20(26)14-8-4-3-5-9-14/h3-12,25H,2H2,1H3,(H,24,26)/b18-12?,19-16-. The van der Waals surface area contributed by atoms with Crippen molar-refractivity contribution in [2.24, 2.45) is 0 Å². The van der Waals surface area contributed by atoms with E-state index in [1.807, 2.05) is 0 Å². The Balaban J connectivity index is 2.53. The second-order valence-corrected chi connectivity index (χ2v) is 5.86. The summed E-state index contributed by atoms with van der Waals surface area (Å²) in [5, 5.41) is 22.7. The molecular formula is C21H17ClN2O4.